The zero-order chi connectivity index (χ0) is 13.7. The van der Waals surface area contributed by atoms with Gasteiger partial charge in [-0.1, -0.05) is 6.07 Å². The monoisotopic (exact) mass is 262 g/mol. The summed E-state index contributed by atoms with van der Waals surface area (Å²) in [5, 5.41) is 2.74. The average molecular weight is 262 g/mol. The molecule has 1 aliphatic rings. The summed E-state index contributed by atoms with van der Waals surface area (Å²) >= 11 is 0. The van der Waals surface area contributed by atoms with Crippen molar-refractivity contribution in [2.24, 2.45) is 11.7 Å². The average Bonchev–Trinajstić information content (AvgIpc) is 2.48. The Morgan fingerprint density at radius 1 is 1.68 bits per heavy atom. The highest BCUT2D eigenvalue weighted by atomic mass is 16.1. The summed E-state index contributed by atoms with van der Waals surface area (Å²) in [6.07, 6.45) is 5.62. The second kappa shape index (κ2) is 6.63. The van der Waals surface area contributed by atoms with Crippen molar-refractivity contribution in [2.45, 2.75) is 18.9 Å². The summed E-state index contributed by atoms with van der Waals surface area (Å²) < 4.78 is 0. The first kappa shape index (κ1) is 14.0. The summed E-state index contributed by atoms with van der Waals surface area (Å²) in [6.45, 7) is 2.31. The number of carbonyl (C=O) groups is 1. The van der Waals surface area contributed by atoms with E-state index in [9.17, 15) is 4.79 Å². The van der Waals surface area contributed by atoms with Crippen LogP contribution in [0, 0.1) is 5.92 Å². The smallest absolute Gasteiger partial charge is 0.224 e. The molecule has 0 saturated carbocycles. The van der Waals surface area contributed by atoms with E-state index in [0.717, 1.165) is 31.5 Å². The van der Waals surface area contributed by atoms with Crippen molar-refractivity contribution >= 4 is 5.91 Å². The van der Waals surface area contributed by atoms with Gasteiger partial charge in [0.05, 0.1) is 5.92 Å². The van der Waals surface area contributed by atoms with Crippen molar-refractivity contribution in [3.05, 3.63) is 30.1 Å². The van der Waals surface area contributed by atoms with Crippen LogP contribution in [-0.2, 0) is 4.79 Å². The number of rotatable bonds is 4. The van der Waals surface area contributed by atoms with Crippen LogP contribution in [0.4, 0.5) is 0 Å². The number of nitrogens with two attached hydrogens (primary N) is 1. The van der Waals surface area contributed by atoms with E-state index in [1.807, 2.05) is 18.3 Å². The Hall–Kier alpha value is -1.46. The van der Waals surface area contributed by atoms with E-state index in [1.165, 1.54) is 0 Å². The summed E-state index contributed by atoms with van der Waals surface area (Å²) in [6, 6.07) is 4.13. The molecule has 0 aromatic carbocycles. The van der Waals surface area contributed by atoms with Gasteiger partial charge in [0.1, 0.15) is 0 Å². The van der Waals surface area contributed by atoms with Crippen molar-refractivity contribution in [3.8, 4) is 0 Å². The lowest BCUT2D eigenvalue weighted by Crippen LogP contribution is -2.45. The van der Waals surface area contributed by atoms with E-state index >= 15 is 0 Å². The standard InChI is InChI=1S/C14H22N4O/c1-16-14(19)12-5-3-7-18(10-12)13(8-15)11-4-2-6-17-9-11/h2,4,6,9,12-13H,3,5,7-8,10,15H2,1H3,(H,16,19). The third kappa shape index (κ3) is 3.30. The minimum Gasteiger partial charge on any atom is -0.359 e. The molecule has 19 heavy (non-hydrogen) atoms. The molecule has 1 fully saturated rings. The van der Waals surface area contributed by atoms with Crippen LogP contribution in [0.25, 0.3) is 0 Å². The zero-order valence-electron chi connectivity index (χ0n) is 11.4. The number of hydrogen-bond acceptors (Lipinski definition) is 4. The van der Waals surface area contributed by atoms with E-state index < -0.39 is 0 Å². The largest absolute Gasteiger partial charge is 0.359 e. The van der Waals surface area contributed by atoms with Crippen molar-refractivity contribution in [3.63, 3.8) is 0 Å². The van der Waals surface area contributed by atoms with Gasteiger partial charge in [-0.2, -0.15) is 0 Å². The number of nitrogens with zero attached hydrogens (tertiary/aromatic N) is 2. The Morgan fingerprint density at radius 3 is 3.16 bits per heavy atom. The first-order chi connectivity index (χ1) is 9.26. The Balaban J connectivity index is 2.09. The maximum Gasteiger partial charge on any atom is 0.224 e. The van der Waals surface area contributed by atoms with Gasteiger partial charge in [-0.15, -0.1) is 0 Å². The normalized spacial score (nSPS) is 21.9. The van der Waals surface area contributed by atoms with E-state index in [-0.39, 0.29) is 17.9 Å². The van der Waals surface area contributed by atoms with Gasteiger partial charge in [0, 0.05) is 38.6 Å². The fourth-order valence-electron chi connectivity index (χ4n) is 2.78. The summed E-state index contributed by atoms with van der Waals surface area (Å²) in [4.78, 5) is 18.2. The highest BCUT2D eigenvalue weighted by Gasteiger charge is 2.29. The van der Waals surface area contributed by atoms with Gasteiger partial charge in [-0.3, -0.25) is 14.7 Å². The maximum absolute atomic E-state index is 11.8. The Kier molecular flexibility index (Phi) is 4.87. The number of nitrogens with one attached hydrogen (secondary N) is 1. The number of carbonyl (C=O) groups excluding carboxylic acids is 1. The number of likely N-dealkylation sites (tertiary alicyclic amines) is 1. The minimum absolute atomic E-state index is 0.0736. The molecule has 2 unspecified atom stereocenters. The van der Waals surface area contributed by atoms with Crippen LogP contribution in [0.1, 0.15) is 24.4 Å². The lowest BCUT2D eigenvalue weighted by atomic mass is 9.94. The first-order valence-corrected chi connectivity index (χ1v) is 6.82. The van der Waals surface area contributed by atoms with E-state index in [0.29, 0.717) is 6.54 Å². The molecule has 3 N–H and O–H groups in total. The molecule has 0 bridgehead atoms. The Bertz CT molecular complexity index is 409. The maximum atomic E-state index is 11.8. The predicted octanol–water partition coefficient (Wildman–Crippen LogP) is 0.539. The molecule has 0 spiro atoms. The Morgan fingerprint density at radius 2 is 2.53 bits per heavy atom. The van der Waals surface area contributed by atoms with Crippen LogP contribution in [0.15, 0.2) is 24.5 Å². The molecule has 2 heterocycles. The molecule has 2 atom stereocenters. The molecular weight excluding hydrogens is 240 g/mol. The number of pyridine rings is 1. The molecule has 0 radical (unpaired) electrons. The third-order valence-electron chi connectivity index (χ3n) is 3.80. The van der Waals surface area contributed by atoms with E-state index in [2.05, 4.69) is 15.2 Å². The number of amides is 1. The summed E-state index contributed by atoms with van der Waals surface area (Å²) in [5.41, 5.74) is 7.05. The summed E-state index contributed by atoms with van der Waals surface area (Å²) in [7, 11) is 1.70. The molecule has 1 amide bonds. The van der Waals surface area contributed by atoms with E-state index in [1.54, 1.807) is 13.2 Å². The quantitative estimate of drug-likeness (QED) is 0.831. The molecule has 104 valence electrons. The molecule has 1 aromatic heterocycles. The fourth-order valence-corrected chi connectivity index (χ4v) is 2.78. The van der Waals surface area contributed by atoms with Crippen molar-refractivity contribution in [1.82, 2.24) is 15.2 Å². The highest BCUT2D eigenvalue weighted by Crippen LogP contribution is 2.25. The molecule has 1 aromatic rings. The molecule has 5 nitrogen and oxygen atoms in total. The zero-order valence-corrected chi connectivity index (χ0v) is 11.4. The van der Waals surface area contributed by atoms with E-state index in [4.69, 9.17) is 5.73 Å². The van der Waals surface area contributed by atoms with Gasteiger partial charge in [0.25, 0.3) is 0 Å². The van der Waals surface area contributed by atoms with Gasteiger partial charge in [0.15, 0.2) is 0 Å². The molecular formula is C14H22N4O. The lowest BCUT2D eigenvalue weighted by Gasteiger charge is -2.37. The van der Waals surface area contributed by atoms with Gasteiger partial charge >= 0.3 is 0 Å². The van der Waals surface area contributed by atoms with Gasteiger partial charge in [-0.25, -0.2) is 0 Å². The van der Waals surface area contributed by atoms with Crippen molar-refractivity contribution in [1.29, 1.82) is 0 Å². The van der Waals surface area contributed by atoms with Crippen LogP contribution in [0.5, 0.6) is 0 Å². The minimum atomic E-state index is 0.0736. The summed E-state index contributed by atoms with van der Waals surface area (Å²) in [5.74, 6) is 0.205. The molecule has 1 aliphatic heterocycles. The van der Waals surface area contributed by atoms with Crippen molar-refractivity contribution < 1.29 is 4.79 Å². The van der Waals surface area contributed by atoms with Crippen LogP contribution < -0.4 is 11.1 Å². The van der Waals surface area contributed by atoms with Gasteiger partial charge in [0.2, 0.25) is 5.91 Å². The van der Waals surface area contributed by atoms with Crippen molar-refractivity contribution in [2.75, 3.05) is 26.7 Å². The number of hydrogen-bond donors (Lipinski definition) is 2. The lowest BCUT2D eigenvalue weighted by molar-refractivity contribution is -0.126. The first-order valence-electron chi connectivity index (χ1n) is 6.82. The SMILES string of the molecule is CNC(=O)C1CCCN(C(CN)c2cccnc2)C1. The molecule has 2 rings (SSSR count). The molecule has 5 heteroatoms. The van der Waals surface area contributed by atoms with Gasteiger partial charge < -0.3 is 11.1 Å². The number of aromatic nitrogens is 1. The predicted molar refractivity (Wildman–Crippen MR) is 74.4 cm³/mol. The second-order valence-electron chi connectivity index (χ2n) is 4.99. The molecule has 0 aliphatic carbocycles. The van der Waals surface area contributed by atoms with Crippen LogP contribution in [0.3, 0.4) is 0 Å². The molecule has 1 saturated heterocycles. The van der Waals surface area contributed by atoms with Crippen LogP contribution in [-0.4, -0.2) is 42.5 Å². The van der Waals surface area contributed by atoms with Crippen LogP contribution in [0.2, 0.25) is 0 Å². The van der Waals surface area contributed by atoms with Gasteiger partial charge in [-0.05, 0) is 31.0 Å². The second-order valence-corrected chi connectivity index (χ2v) is 4.99. The Labute approximate surface area is 114 Å². The fraction of sp³-hybridized carbons (Fsp3) is 0.571. The highest BCUT2D eigenvalue weighted by molar-refractivity contribution is 5.78. The topological polar surface area (TPSA) is 71.2 Å². The number of piperidine rings is 1. The van der Waals surface area contributed by atoms with Crippen LogP contribution >= 0.6 is 0 Å². The third-order valence-corrected chi connectivity index (χ3v) is 3.80.